The first-order valence-electron chi connectivity index (χ1n) is 5.78. The Kier molecular flexibility index (Phi) is 3.74. The zero-order valence-corrected chi connectivity index (χ0v) is 10.2. The second kappa shape index (κ2) is 4.63. The van der Waals surface area contributed by atoms with E-state index >= 15 is 0 Å². The van der Waals surface area contributed by atoms with Crippen molar-refractivity contribution in [2.24, 2.45) is 0 Å². The summed E-state index contributed by atoms with van der Waals surface area (Å²) in [6.45, 7) is 10.7. The maximum Gasteiger partial charge on any atom is -0.0270 e. The standard InChI is InChI=1S/C12H16.C2H6/c1-8-7-11-5-4-6-12(11)10(3)9(8)2;1-2/h7H,4-6H2,1-3H3;1-2H3. The molecule has 0 spiro atoms. The monoisotopic (exact) mass is 190 g/mol. The Morgan fingerprint density at radius 3 is 2.21 bits per heavy atom. The molecule has 0 aromatic heterocycles. The zero-order chi connectivity index (χ0) is 10.7. The Morgan fingerprint density at radius 2 is 1.57 bits per heavy atom. The number of benzene rings is 1. The first-order valence-corrected chi connectivity index (χ1v) is 5.78. The predicted molar refractivity (Wildman–Crippen MR) is 64.0 cm³/mol. The minimum Gasteiger partial charge on any atom is -0.0683 e. The highest BCUT2D eigenvalue weighted by molar-refractivity contribution is 5.46. The van der Waals surface area contributed by atoms with E-state index in [2.05, 4.69) is 26.8 Å². The Hall–Kier alpha value is -0.780. The van der Waals surface area contributed by atoms with Crippen LogP contribution in [-0.4, -0.2) is 0 Å². The maximum absolute atomic E-state index is 2.38. The van der Waals surface area contributed by atoms with Gasteiger partial charge in [0.15, 0.2) is 0 Å². The molecule has 0 saturated carbocycles. The van der Waals surface area contributed by atoms with Gasteiger partial charge >= 0.3 is 0 Å². The van der Waals surface area contributed by atoms with Gasteiger partial charge in [-0.2, -0.15) is 0 Å². The van der Waals surface area contributed by atoms with Gasteiger partial charge in [-0.1, -0.05) is 19.9 Å². The van der Waals surface area contributed by atoms with Crippen molar-refractivity contribution in [3.8, 4) is 0 Å². The molecule has 1 aromatic carbocycles. The van der Waals surface area contributed by atoms with Gasteiger partial charge in [-0.15, -0.1) is 0 Å². The Balaban J connectivity index is 0.000000461. The second-order valence-corrected chi connectivity index (χ2v) is 3.93. The van der Waals surface area contributed by atoms with Crippen LogP contribution in [0.2, 0.25) is 0 Å². The van der Waals surface area contributed by atoms with Gasteiger partial charge in [0, 0.05) is 0 Å². The van der Waals surface area contributed by atoms with Crippen LogP contribution in [0.25, 0.3) is 0 Å². The van der Waals surface area contributed by atoms with Crippen LogP contribution in [0, 0.1) is 20.8 Å². The van der Waals surface area contributed by atoms with Crippen LogP contribution in [-0.2, 0) is 12.8 Å². The number of fused-ring (bicyclic) bond motifs is 1. The number of rotatable bonds is 0. The van der Waals surface area contributed by atoms with Crippen molar-refractivity contribution in [3.63, 3.8) is 0 Å². The molecular formula is C14H22. The highest BCUT2D eigenvalue weighted by Gasteiger charge is 2.14. The molecule has 1 aliphatic rings. The van der Waals surface area contributed by atoms with Crippen LogP contribution in [0.5, 0.6) is 0 Å². The van der Waals surface area contributed by atoms with Crippen molar-refractivity contribution in [3.05, 3.63) is 33.9 Å². The minimum atomic E-state index is 1.30. The number of hydrogen-bond acceptors (Lipinski definition) is 0. The smallest absolute Gasteiger partial charge is 0.0270 e. The predicted octanol–water partition coefficient (Wildman–Crippen LogP) is 4.13. The average Bonchev–Trinajstić information content (AvgIpc) is 2.65. The lowest BCUT2D eigenvalue weighted by atomic mass is 9.95. The first kappa shape index (κ1) is 11.3. The first-order chi connectivity index (χ1) is 6.70. The van der Waals surface area contributed by atoms with Gasteiger partial charge in [0.2, 0.25) is 0 Å². The van der Waals surface area contributed by atoms with Gasteiger partial charge in [0.05, 0.1) is 0 Å². The molecule has 14 heavy (non-hydrogen) atoms. The van der Waals surface area contributed by atoms with Crippen molar-refractivity contribution in [1.82, 2.24) is 0 Å². The molecule has 1 aromatic rings. The molecule has 0 fully saturated rings. The molecule has 0 unspecified atom stereocenters. The molecule has 0 heteroatoms. The van der Waals surface area contributed by atoms with Gasteiger partial charge < -0.3 is 0 Å². The lowest BCUT2D eigenvalue weighted by Gasteiger charge is -2.10. The third kappa shape index (κ3) is 1.84. The van der Waals surface area contributed by atoms with Crippen molar-refractivity contribution in [2.75, 3.05) is 0 Å². The number of hydrogen-bond donors (Lipinski definition) is 0. The highest BCUT2D eigenvalue weighted by Crippen LogP contribution is 2.28. The van der Waals surface area contributed by atoms with Gasteiger partial charge in [-0.25, -0.2) is 0 Å². The summed E-state index contributed by atoms with van der Waals surface area (Å²) < 4.78 is 0. The molecular weight excluding hydrogens is 168 g/mol. The lowest BCUT2D eigenvalue weighted by molar-refractivity contribution is 0.909. The van der Waals surface area contributed by atoms with E-state index < -0.39 is 0 Å². The van der Waals surface area contributed by atoms with E-state index in [1.165, 1.54) is 30.4 Å². The molecule has 1 aliphatic carbocycles. The largest absolute Gasteiger partial charge is 0.0683 e. The van der Waals surface area contributed by atoms with E-state index in [4.69, 9.17) is 0 Å². The Bertz CT molecular complexity index is 321. The van der Waals surface area contributed by atoms with Crippen LogP contribution >= 0.6 is 0 Å². The van der Waals surface area contributed by atoms with Crippen LogP contribution in [0.4, 0.5) is 0 Å². The molecule has 0 nitrogen and oxygen atoms in total. The van der Waals surface area contributed by atoms with E-state index in [9.17, 15) is 0 Å². The van der Waals surface area contributed by atoms with Crippen molar-refractivity contribution in [1.29, 1.82) is 0 Å². The molecule has 0 N–H and O–H groups in total. The lowest BCUT2D eigenvalue weighted by Crippen LogP contribution is -1.94. The summed E-state index contributed by atoms with van der Waals surface area (Å²) in [6, 6.07) is 2.38. The molecule has 0 radical (unpaired) electrons. The van der Waals surface area contributed by atoms with Gasteiger partial charge in [0.1, 0.15) is 0 Å². The fourth-order valence-corrected chi connectivity index (χ4v) is 2.25. The summed E-state index contributed by atoms with van der Waals surface area (Å²) in [6.07, 6.45) is 3.97. The highest BCUT2D eigenvalue weighted by atomic mass is 14.2. The Labute approximate surface area is 88.4 Å². The van der Waals surface area contributed by atoms with E-state index in [1.807, 2.05) is 13.8 Å². The summed E-state index contributed by atoms with van der Waals surface area (Å²) in [7, 11) is 0. The van der Waals surface area contributed by atoms with E-state index in [0.717, 1.165) is 0 Å². The summed E-state index contributed by atoms with van der Waals surface area (Å²) in [5.41, 5.74) is 7.75. The zero-order valence-electron chi connectivity index (χ0n) is 10.2. The minimum absolute atomic E-state index is 1.30. The quantitative estimate of drug-likeness (QED) is 0.577. The van der Waals surface area contributed by atoms with E-state index in [0.29, 0.717) is 0 Å². The molecule has 78 valence electrons. The topological polar surface area (TPSA) is 0 Å². The Morgan fingerprint density at radius 1 is 0.929 bits per heavy atom. The fourth-order valence-electron chi connectivity index (χ4n) is 2.25. The van der Waals surface area contributed by atoms with Crippen molar-refractivity contribution in [2.45, 2.75) is 53.9 Å². The third-order valence-corrected chi connectivity index (χ3v) is 3.26. The SMILES string of the molecule is CC.Cc1cc2c(c(C)c1C)CCC2. The summed E-state index contributed by atoms with van der Waals surface area (Å²) in [5.74, 6) is 0. The van der Waals surface area contributed by atoms with Gasteiger partial charge in [0.25, 0.3) is 0 Å². The third-order valence-electron chi connectivity index (χ3n) is 3.26. The van der Waals surface area contributed by atoms with E-state index in [1.54, 1.807) is 16.7 Å². The van der Waals surface area contributed by atoms with Crippen LogP contribution in [0.15, 0.2) is 6.07 Å². The van der Waals surface area contributed by atoms with E-state index in [-0.39, 0.29) is 0 Å². The summed E-state index contributed by atoms with van der Waals surface area (Å²) in [4.78, 5) is 0. The average molecular weight is 190 g/mol. The van der Waals surface area contributed by atoms with Crippen molar-refractivity contribution < 1.29 is 0 Å². The van der Waals surface area contributed by atoms with Crippen LogP contribution in [0.3, 0.4) is 0 Å². The van der Waals surface area contributed by atoms with Crippen molar-refractivity contribution >= 4 is 0 Å². The maximum atomic E-state index is 2.38. The molecule has 0 saturated heterocycles. The molecule has 0 amide bonds. The number of aryl methyl sites for hydroxylation is 2. The normalized spacial score (nSPS) is 13.2. The molecule has 0 bridgehead atoms. The molecule has 0 heterocycles. The molecule has 0 atom stereocenters. The van der Waals surface area contributed by atoms with Crippen LogP contribution < -0.4 is 0 Å². The van der Waals surface area contributed by atoms with Gasteiger partial charge in [-0.3, -0.25) is 0 Å². The second-order valence-electron chi connectivity index (χ2n) is 3.93. The summed E-state index contributed by atoms with van der Waals surface area (Å²) in [5, 5.41) is 0. The molecule has 2 rings (SSSR count). The molecule has 0 aliphatic heterocycles. The summed E-state index contributed by atoms with van der Waals surface area (Å²) >= 11 is 0. The van der Waals surface area contributed by atoms with Gasteiger partial charge in [-0.05, 0) is 67.9 Å². The van der Waals surface area contributed by atoms with Crippen LogP contribution in [0.1, 0.15) is 48.1 Å². The fraction of sp³-hybridized carbons (Fsp3) is 0.571.